The maximum Gasteiger partial charge on any atom is 0.250 e. The van der Waals surface area contributed by atoms with Crippen LogP contribution in [-0.2, 0) is 4.79 Å². The predicted octanol–water partition coefficient (Wildman–Crippen LogP) is 4.49. The van der Waals surface area contributed by atoms with Gasteiger partial charge in [0.25, 0.3) is 0 Å². The molecular formula is C30H42FN5O2. The molecular weight excluding hydrogens is 481 g/mol. The number of rotatable bonds is 8. The zero-order valence-electron chi connectivity index (χ0n) is 22.4. The Bertz CT molecular complexity index is 1020. The number of hydrogen-bond acceptors (Lipinski definition) is 6. The van der Waals surface area contributed by atoms with Gasteiger partial charge in [-0.3, -0.25) is 9.78 Å². The topological polar surface area (TPSA) is 71.9 Å². The molecule has 2 aliphatic heterocycles. The fourth-order valence-corrected chi connectivity index (χ4v) is 6.57. The molecule has 206 valence electrons. The average molecular weight is 524 g/mol. The SMILES string of the molecule is O=C1N(C[C@H](O)CNc2ccncc2)CN(c2ccc(F)cc2)C12CCN(CC1CCCCCCC1)CC2. The van der Waals surface area contributed by atoms with Crippen molar-refractivity contribution < 1.29 is 14.3 Å². The van der Waals surface area contributed by atoms with Crippen LogP contribution in [0.2, 0.25) is 0 Å². The van der Waals surface area contributed by atoms with Crippen molar-refractivity contribution in [1.29, 1.82) is 0 Å². The number of piperidine rings is 1. The molecule has 5 rings (SSSR count). The molecule has 1 amide bonds. The van der Waals surface area contributed by atoms with Crippen molar-refractivity contribution in [3.8, 4) is 0 Å². The number of hydrogen-bond donors (Lipinski definition) is 2. The number of aliphatic hydroxyl groups is 1. The van der Waals surface area contributed by atoms with E-state index in [4.69, 9.17) is 0 Å². The molecule has 7 nitrogen and oxygen atoms in total. The van der Waals surface area contributed by atoms with Crippen LogP contribution in [0.1, 0.15) is 57.8 Å². The number of β-amino-alcohol motifs (C(OH)–C–C–N with tert-alkyl or cyclic N) is 1. The summed E-state index contributed by atoms with van der Waals surface area (Å²) in [6, 6.07) is 10.2. The first-order valence-corrected chi connectivity index (χ1v) is 14.4. The maximum absolute atomic E-state index is 14.0. The number of pyridine rings is 1. The fraction of sp³-hybridized carbons (Fsp3) is 0.600. The van der Waals surface area contributed by atoms with Crippen molar-refractivity contribution in [1.82, 2.24) is 14.8 Å². The monoisotopic (exact) mass is 523 g/mol. The van der Waals surface area contributed by atoms with Crippen LogP contribution >= 0.6 is 0 Å². The number of nitrogens with one attached hydrogen (secondary N) is 1. The van der Waals surface area contributed by atoms with Gasteiger partial charge in [0.1, 0.15) is 11.4 Å². The number of halogens is 1. The highest BCUT2D eigenvalue weighted by Crippen LogP contribution is 2.40. The molecule has 1 aliphatic carbocycles. The molecule has 1 atom stereocenters. The molecule has 3 heterocycles. The van der Waals surface area contributed by atoms with Crippen molar-refractivity contribution in [2.75, 3.05) is 49.6 Å². The lowest BCUT2D eigenvalue weighted by Crippen LogP contribution is -2.57. The Hall–Kier alpha value is -2.71. The molecule has 1 spiro atoms. The van der Waals surface area contributed by atoms with Crippen LogP contribution in [0.25, 0.3) is 0 Å². The number of aliphatic hydroxyl groups excluding tert-OH is 1. The lowest BCUT2D eigenvalue weighted by atomic mass is 9.84. The van der Waals surface area contributed by atoms with Gasteiger partial charge in [-0.25, -0.2) is 4.39 Å². The molecule has 1 saturated carbocycles. The van der Waals surface area contributed by atoms with Gasteiger partial charge in [-0.2, -0.15) is 0 Å². The molecule has 1 aromatic carbocycles. The lowest BCUT2D eigenvalue weighted by molar-refractivity contribution is -0.134. The minimum Gasteiger partial charge on any atom is -0.389 e. The number of anilines is 2. The zero-order chi connectivity index (χ0) is 26.4. The molecule has 38 heavy (non-hydrogen) atoms. The highest BCUT2D eigenvalue weighted by atomic mass is 19.1. The molecule has 2 saturated heterocycles. The first kappa shape index (κ1) is 26.9. The van der Waals surface area contributed by atoms with Gasteiger partial charge < -0.3 is 25.1 Å². The van der Waals surface area contributed by atoms with E-state index in [2.05, 4.69) is 20.1 Å². The standard InChI is InChI=1S/C30H42FN5O2/c31-25-8-10-27(11-9-25)36-23-35(22-28(37)20-33-26-12-16-32-17-13-26)29(38)30(36)14-18-34(19-15-30)21-24-6-4-2-1-3-5-7-24/h8-13,16-17,24,28,37H,1-7,14-15,18-23H2,(H,32,33)/t28-/m1/s1. The minimum absolute atomic E-state index is 0.0791. The largest absolute Gasteiger partial charge is 0.389 e. The quantitative estimate of drug-likeness (QED) is 0.531. The predicted molar refractivity (Wildman–Crippen MR) is 148 cm³/mol. The van der Waals surface area contributed by atoms with Crippen molar-refractivity contribution >= 4 is 17.3 Å². The zero-order valence-corrected chi connectivity index (χ0v) is 22.4. The lowest BCUT2D eigenvalue weighted by Gasteiger charge is -2.44. The second kappa shape index (κ2) is 12.4. The summed E-state index contributed by atoms with van der Waals surface area (Å²) in [6.07, 6.45) is 13.6. The van der Waals surface area contributed by atoms with Crippen molar-refractivity contribution in [3.05, 3.63) is 54.6 Å². The average Bonchev–Trinajstić information content (AvgIpc) is 3.17. The Morgan fingerprint density at radius 1 is 1.00 bits per heavy atom. The van der Waals surface area contributed by atoms with Gasteiger partial charge >= 0.3 is 0 Å². The number of aromatic nitrogens is 1. The first-order chi connectivity index (χ1) is 18.5. The third-order valence-corrected chi connectivity index (χ3v) is 8.73. The highest BCUT2D eigenvalue weighted by Gasteiger charge is 2.53. The summed E-state index contributed by atoms with van der Waals surface area (Å²) in [5, 5.41) is 14.0. The van der Waals surface area contributed by atoms with E-state index in [1.165, 1.54) is 57.1 Å². The number of benzene rings is 1. The Labute approximate surface area is 226 Å². The summed E-state index contributed by atoms with van der Waals surface area (Å²) < 4.78 is 13.7. The van der Waals surface area contributed by atoms with Crippen LogP contribution < -0.4 is 10.2 Å². The van der Waals surface area contributed by atoms with Crippen molar-refractivity contribution in [2.45, 2.75) is 69.4 Å². The molecule has 0 radical (unpaired) electrons. The maximum atomic E-state index is 14.0. The van der Waals surface area contributed by atoms with Crippen LogP contribution in [0.4, 0.5) is 15.8 Å². The Kier molecular flexibility index (Phi) is 8.79. The van der Waals surface area contributed by atoms with Gasteiger partial charge in [-0.15, -0.1) is 0 Å². The second-order valence-electron chi connectivity index (χ2n) is 11.4. The van der Waals surface area contributed by atoms with Crippen molar-refractivity contribution in [3.63, 3.8) is 0 Å². The number of carbonyl (C=O) groups is 1. The van der Waals surface area contributed by atoms with Gasteiger partial charge in [0.2, 0.25) is 5.91 Å². The highest BCUT2D eigenvalue weighted by molar-refractivity contribution is 5.93. The van der Waals surface area contributed by atoms with Crippen LogP contribution in [0, 0.1) is 11.7 Å². The van der Waals surface area contributed by atoms with E-state index in [1.54, 1.807) is 29.4 Å². The smallest absolute Gasteiger partial charge is 0.250 e. The minimum atomic E-state index is -0.711. The summed E-state index contributed by atoms with van der Waals surface area (Å²) in [6.45, 7) is 3.90. The molecule has 3 aliphatic rings. The van der Waals surface area contributed by atoms with Crippen LogP contribution in [-0.4, -0.2) is 76.8 Å². The number of likely N-dealkylation sites (tertiary alicyclic amines) is 1. The van der Waals surface area contributed by atoms with E-state index in [9.17, 15) is 14.3 Å². The Morgan fingerprint density at radius 3 is 2.34 bits per heavy atom. The third-order valence-electron chi connectivity index (χ3n) is 8.73. The number of carbonyl (C=O) groups excluding carboxylic acids is 1. The van der Waals surface area contributed by atoms with Crippen molar-refractivity contribution in [2.24, 2.45) is 5.92 Å². The van der Waals surface area contributed by atoms with Gasteiger partial charge in [-0.1, -0.05) is 32.1 Å². The molecule has 3 fully saturated rings. The van der Waals surface area contributed by atoms with E-state index in [-0.39, 0.29) is 18.3 Å². The molecule has 0 bridgehead atoms. The van der Waals surface area contributed by atoms with E-state index in [1.807, 2.05) is 12.1 Å². The molecule has 2 N–H and O–H groups in total. The summed E-state index contributed by atoms with van der Waals surface area (Å²) in [5.74, 6) is 0.559. The van der Waals surface area contributed by atoms with Gasteiger partial charge in [0.15, 0.2) is 0 Å². The van der Waals surface area contributed by atoms with Crippen LogP contribution in [0.5, 0.6) is 0 Å². The number of amides is 1. The summed E-state index contributed by atoms with van der Waals surface area (Å²) >= 11 is 0. The normalized spacial score (nSPS) is 21.9. The van der Waals surface area contributed by atoms with E-state index >= 15 is 0 Å². The molecule has 1 aromatic heterocycles. The molecule has 8 heteroatoms. The van der Waals surface area contributed by atoms with E-state index in [0.29, 0.717) is 13.2 Å². The fourth-order valence-electron chi connectivity index (χ4n) is 6.57. The van der Waals surface area contributed by atoms with E-state index < -0.39 is 11.6 Å². The molecule has 0 unspecified atom stereocenters. The second-order valence-corrected chi connectivity index (χ2v) is 11.4. The van der Waals surface area contributed by atoms with Crippen LogP contribution in [0.15, 0.2) is 48.8 Å². The van der Waals surface area contributed by atoms with Gasteiger partial charge in [0, 0.05) is 49.9 Å². The summed E-state index contributed by atoms with van der Waals surface area (Å²) in [7, 11) is 0. The van der Waals surface area contributed by atoms with E-state index in [0.717, 1.165) is 49.8 Å². The Morgan fingerprint density at radius 2 is 1.66 bits per heavy atom. The third kappa shape index (κ3) is 6.29. The van der Waals surface area contributed by atoms with Crippen LogP contribution in [0.3, 0.4) is 0 Å². The number of nitrogens with zero attached hydrogens (tertiary/aromatic N) is 4. The summed E-state index contributed by atoms with van der Waals surface area (Å²) in [4.78, 5) is 24.5. The summed E-state index contributed by atoms with van der Waals surface area (Å²) in [5.41, 5.74) is 1.10. The first-order valence-electron chi connectivity index (χ1n) is 14.4. The van der Waals surface area contributed by atoms with Gasteiger partial charge in [-0.05, 0) is 68.0 Å². The molecule has 2 aromatic rings. The Balaban J connectivity index is 1.25. The van der Waals surface area contributed by atoms with Gasteiger partial charge in [0.05, 0.1) is 19.3 Å².